The van der Waals surface area contributed by atoms with Crippen LogP contribution in [0.15, 0.2) is 41.0 Å². The van der Waals surface area contributed by atoms with Crippen LogP contribution < -0.4 is 11.1 Å². The fourth-order valence-electron chi connectivity index (χ4n) is 2.48. The summed E-state index contributed by atoms with van der Waals surface area (Å²) in [6.45, 7) is 0. The van der Waals surface area contributed by atoms with E-state index in [9.17, 15) is 19.2 Å². The number of nitrogens with one attached hydrogen (secondary N) is 1. The Morgan fingerprint density at radius 1 is 1.09 bits per heavy atom. The van der Waals surface area contributed by atoms with E-state index in [2.05, 4.69) is 5.32 Å². The Morgan fingerprint density at radius 3 is 2.50 bits per heavy atom. The number of ketones is 3. The third-order valence-electron chi connectivity index (χ3n) is 3.38. The van der Waals surface area contributed by atoms with E-state index >= 15 is 0 Å². The number of primary amides is 1. The fourth-order valence-corrected chi connectivity index (χ4v) is 2.48. The van der Waals surface area contributed by atoms with E-state index in [1.54, 1.807) is 0 Å². The van der Waals surface area contributed by atoms with E-state index in [1.165, 1.54) is 36.6 Å². The van der Waals surface area contributed by atoms with Crippen LogP contribution in [0.25, 0.3) is 0 Å². The second-order valence-electron chi connectivity index (χ2n) is 4.72. The molecule has 0 aliphatic heterocycles. The number of furan rings is 1. The molecule has 2 aromatic rings. The number of carbonyl (C=O) groups is 4. The Hall–Kier alpha value is -3.22. The predicted octanol–water partition coefficient (Wildman–Crippen LogP) is 1.65. The van der Waals surface area contributed by atoms with Crippen molar-refractivity contribution >= 4 is 29.1 Å². The third-order valence-corrected chi connectivity index (χ3v) is 3.38. The summed E-state index contributed by atoms with van der Waals surface area (Å²) in [6.07, 6.45) is 1.28. The van der Waals surface area contributed by atoms with Crippen LogP contribution in [0.4, 0.5) is 10.5 Å². The van der Waals surface area contributed by atoms with E-state index in [0.29, 0.717) is 0 Å². The largest absolute Gasteiger partial charge is 0.461 e. The highest BCUT2D eigenvalue weighted by Gasteiger charge is 2.45. The maximum absolute atomic E-state index is 12.5. The molecule has 0 spiro atoms. The molecule has 1 aliphatic rings. The van der Waals surface area contributed by atoms with E-state index < -0.39 is 29.3 Å². The maximum Gasteiger partial charge on any atom is 0.316 e. The van der Waals surface area contributed by atoms with Crippen molar-refractivity contribution in [2.45, 2.75) is 0 Å². The number of amides is 2. The van der Waals surface area contributed by atoms with Gasteiger partial charge in [0.15, 0.2) is 23.2 Å². The normalized spacial score (nSPS) is 16.5. The first kappa shape index (κ1) is 13.7. The van der Waals surface area contributed by atoms with Gasteiger partial charge in [-0.3, -0.25) is 14.4 Å². The SMILES string of the molecule is NC(=O)Nc1cccc2c1C(=O)C(C(=O)c1ccco1)C2=O. The Bertz CT molecular complexity index is 807. The molecule has 1 heterocycles. The van der Waals surface area contributed by atoms with Gasteiger partial charge in [0.05, 0.1) is 17.5 Å². The van der Waals surface area contributed by atoms with Crippen molar-refractivity contribution in [3.05, 3.63) is 53.5 Å². The van der Waals surface area contributed by atoms with Crippen molar-refractivity contribution in [1.82, 2.24) is 0 Å². The summed E-state index contributed by atoms with van der Waals surface area (Å²) < 4.78 is 4.95. The summed E-state index contributed by atoms with van der Waals surface area (Å²) in [5.74, 6) is -3.55. The van der Waals surface area contributed by atoms with Crippen molar-refractivity contribution in [2.24, 2.45) is 11.7 Å². The zero-order valence-corrected chi connectivity index (χ0v) is 11.2. The zero-order chi connectivity index (χ0) is 15.9. The van der Waals surface area contributed by atoms with E-state index in [1.807, 2.05) is 0 Å². The number of benzene rings is 1. The van der Waals surface area contributed by atoms with Gasteiger partial charge in [-0.2, -0.15) is 0 Å². The molecule has 2 amide bonds. The third kappa shape index (κ3) is 1.99. The Labute approximate surface area is 124 Å². The van der Waals surface area contributed by atoms with Crippen molar-refractivity contribution in [1.29, 1.82) is 0 Å². The van der Waals surface area contributed by atoms with Gasteiger partial charge in [0.25, 0.3) is 0 Å². The lowest BCUT2D eigenvalue weighted by Crippen LogP contribution is -2.26. The Morgan fingerprint density at radius 2 is 1.86 bits per heavy atom. The molecule has 110 valence electrons. The molecule has 22 heavy (non-hydrogen) atoms. The summed E-state index contributed by atoms with van der Waals surface area (Å²) in [7, 11) is 0. The molecule has 1 atom stereocenters. The molecule has 0 saturated carbocycles. The fraction of sp³-hybridized carbons (Fsp3) is 0.0667. The lowest BCUT2D eigenvalue weighted by atomic mass is 9.97. The molecule has 1 aromatic heterocycles. The van der Waals surface area contributed by atoms with E-state index in [-0.39, 0.29) is 22.6 Å². The van der Waals surface area contributed by atoms with Gasteiger partial charge in [-0.15, -0.1) is 0 Å². The topological polar surface area (TPSA) is 119 Å². The van der Waals surface area contributed by atoms with Crippen LogP contribution in [0.3, 0.4) is 0 Å². The number of urea groups is 1. The van der Waals surface area contributed by atoms with E-state index in [0.717, 1.165) is 0 Å². The molecule has 0 radical (unpaired) electrons. The van der Waals surface area contributed by atoms with Gasteiger partial charge >= 0.3 is 6.03 Å². The van der Waals surface area contributed by atoms with E-state index in [4.69, 9.17) is 10.2 Å². The zero-order valence-electron chi connectivity index (χ0n) is 11.2. The summed E-state index contributed by atoms with van der Waals surface area (Å²) >= 11 is 0. The first-order valence-corrected chi connectivity index (χ1v) is 6.36. The van der Waals surface area contributed by atoms with Crippen LogP contribution in [0.1, 0.15) is 31.3 Å². The smallest absolute Gasteiger partial charge is 0.316 e. The van der Waals surface area contributed by atoms with Crippen LogP contribution >= 0.6 is 0 Å². The lowest BCUT2D eigenvalue weighted by molar-refractivity contribution is 0.0743. The number of hydrogen-bond donors (Lipinski definition) is 2. The van der Waals surface area contributed by atoms with Gasteiger partial charge < -0.3 is 15.5 Å². The summed E-state index contributed by atoms with van der Waals surface area (Å²) in [6, 6.07) is 6.37. The van der Waals surface area contributed by atoms with Crippen LogP contribution in [-0.4, -0.2) is 23.4 Å². The molecule has 1 aromatic carbocycles. The molecule has 1 aliphatic carbocycles. The minimum Gasteiger partial charge on any atom is -0.461 e. The second-order valence-corrected chi connectivity index (χ2v) is 4.72. The van der Waals surface area contributed by atoms with Gasteiger partial charge in [0.1, 0.15) is 0 Å². The number of carbonyl (C=O) groups excluding carboxylic acids is 4. The molecule has 0 saturated heterocycles. The second kappa shape index (κ2) is 4.96. The molecule has 3 rings (SSSR count). The molecule has 0 bridgehead atoms. The van der Waals surface area contributed by atoms with Crippen molar-refractivity contribution in [3.63, 3.8) is 0 Å². The molecule has 7 nitrogen and oxygen atoms in total. The summed E-state index contributed by atoms with van der Waals surface area (Å²) in [4.78, 5) is 48.1. The quantitative estimate of drug-likeness (QED) is 0.659. The van der Waals surface area contributed by atoms with Gasteiger partial charge in [0.2, 0.25) is 5.78 Å². The highest BCUT2D eigenvalue weighted by Crippen LogP contribution is 2.34. The van der Waals surface area contributed by atoms with Crippen molar-refractivity contribution in [3.8, 4) is 0 Å². The van der Waals surface area contributed by atoms with Crippen LogP contribution in [0, 0.1) is 5.92 Å². The molecule has 1 unspecified atom stereocenters. The minimum atomic E-state index is -1.49. The number of nitrogens with two attached hydrogens (primary N) is 1. The van der Waals surface area contributed by atoms with Gasteiger partial charge in [0, 0.05) is 5.56 Å². The number of rotatable bonds is 3. The predicted molar refractivity (Wildman–Crippen MR) is 74.8 cm³/mol. The van der Waals surface area contributed by atoms with Crippen LogP contribution in [0.5, 0.6) is 0 Å². The van der Waals surface area contributed by atoms with Crippen LogP contribution in [0.2, 0.25) is 0 Å². The number of Topliss-reactive ketones (excluding diaryl/α,β-unsaturated/α-hetero) is 3. The van der Waals surface area contributed by atoms with Gasteiger partial charge in [-0.05, 0) is 18.2 Å². The highest BCUT2D eigenvalue weighted by atomic mass is 16.3. The molecule has 3 N–H and O–H groups in total. The Kier molecular flexibility index (Phi) is 3.10. The molecule has 0 fully saturated rings. The average molecular weight is 298 g/mol. The molecular weight excluding hydrogens is 288 g/mol. The maximum atomic E-state index is 12.5. The number of fused-ring (bicyclic) bond motifs is 1. The van der Waals surface area contributed by atoms with Gasteiger partial charge in [-0.25, -0.2) is 4.79 Å². The first-order valence-electron chi connectivity index (χ1n) is 6.36. The highest BCUT2D eigenvalue weighted by molar-refractivity contribution is 6.39. The molecule has 7 heteroatoms. The lowest BCUT2D eigenvalue weighted by Gasteiger charge is -2.06. The van der Waals surface area contributed by atoms with Crippen molar-refractivity contribution in [2.75, 3.05) is 5.32 Å². The van der Waals surface area contributed by atoms with Gasteiger partial charge in [-0.1, -0.05) is 12.1 Å². The Balaban J connectivity index is 2.05. The van der Waals surface area contributed by atoms with Crippen molar-refractivity contribution < 1.29 is 23.6 Å². The summed E-state index contributed by atoms with van der Waals surface area (Å²) in [5, 5.41) is 2.28. The first-order chi connectivity index (χ1) is 10.5. The summed E-state index contributed by atoms with van der Waals surface area (Å²) in [5.41, 5.74) is 5.23. The number of hydrogen-bond acceptors (Lipinski definition) is 5. The average Bonchev–Trinajstić information content (AvgIpc) is 3.07. The standard InChI is InChI=1S/C15H10N2O5/c16-15(21)17-8-4-1-3-7-10(8)14(20)11(12(7)18)13(19)9-5-2-6-22-9/h1-6,11H,(H3,16,17,21). The number of anilines is 1. The van der Waals surface area contributed by atoms with Crippen LogP contribution in [-0.2, 0) is 0 Å². The molecular formula is C15H10N2O5. The monoisotopic (exact) mass is 298 g/mol. The minimum absolute atomic E-state index is 0.00351.